The summed E-state index contributed by atoms with van der Waals surface area (Å²) in [6.07, 6.45) is 0. The van der Waals surface area contributed by atoms with Gasteiger partial charge in [0.15, 0.2) is 11.5 Å². The van der Waals surface area contributed by atoms with Gasteiger partial charge in [-0.1, -0.05) is 0 Å². The zero-order valence-electron chi connectivity index (χ0n) is 13.2. The van der Waals surface area contributed by atoms with E-state index in [-0.39, 0.29) is 34.1 Å². The van der Waals surface area contributed by atoms with Crippen molar-refractivity contribution in [3.05, 3.63) is 41.0 Å². The maximum atomic E-state index is 12.4. The van der Waals surface area contributed by atoms with Crippen molar-refractivity contribution in [1.29, 1.82) is 0 Å². The molecule has 0 unspecified atom stereocenters. The number of rotatable bonds is 3. The third kappa shape index (κ3) is 2.50. The van der Waals surface area contributed by atoms with Gasteiger partial charge in [0, 0.05) is 12.1 Å². The largest absolute Gasteiger partial charge is 0.497 e. The number of carbonyl (C=O) groups is 2. The number of hydrogen-bond acceptors (Lipinski definition) is 6. The molecule has 124 valence electrons. The predicted molar refractivity (Wildman–Crippen MR) is 82.7 cm³/mol. The number of ether oxygens (including phenoxy) is 4. The SMILES string of the molecule is COc1cc(C)c2c(c1)Oc1c(cc(OC)cc1C(=O)O)OC2=O. The topological polar surface area (TPSA) is 91.3 Å². The second kappa shape index (κ2) is 5.77. The highest BCUT2D eigenvalue weighted by Crippen LogP contribution is 2.44. The average Bonchev–Trinajstić information content (AvgIpc) is 2.68. The maximum Gasteiger partial charge on any atom is 0.347 e. The number of methoxy groups -OCH3 is 2. The zero-order chi connectivity index (χ0) is 17.4. The Kier molecular flexibility index (Phi) is 3.76. The maximum absolute atomic E-state index is 12.4. The standard InChI is InChI=1S/C17H14O7/c1-8-4-9(21-2)6-12-14(8)17(20)24-13-7-10(22-3)5-11(16(18)19)15(13)23-12/h4-7H,1-3H3,(H,18,19). The van der Waals surface area contributed by atoms with Gasteiger partial charge in [-0.05, 0) is 24.6 Å². The molecule has 0 spiro atoms. The van der Waals surface area contributed by atoms with Crippen LogP contribution in [-0.2, 0) is 0 Å². The van der Waals surface area contributed by atoms with Crippen LogP contribution in [0.3, 0.4) is 0 Å². The number of carboxylic acids is 1. The van der Waals surface area contributed by atoms with Crippen LogP contribution in [-0.4, -0.2) is 31.3 Å². The Hall–Kier alpha value is -3.22. The molecule has 0 fully saturated rings. The highest BCUT2D eigenvalue weighted by molar-refractivity contribution is 5.99. The molecule has 0 saturated carbocycles. The summed E-state index contributed by atoms with van der Waals surface area (Å²) in [5.41, 5.74) is 0.624. The van der Waals surface area contributed by atoms with E-state index >= 15 is 0 Å². The molecule has 0 amide bonds. The van der Waals surface area contributed by atoms with Gasteiger partial charge in [-0.2, -0.15) is 0 Å². The number of aryl methyl sites for hydroxylation is 1. The second-order valence-electron chi connectivity index (χ2n) is 5.12. The van der Waals surface area contributed by atoms with Gasteiger partial charge in [0.1, 0.15) is 28.4 Å². The molecule has 0 bridgehead atoms. The Balaban J connectivity index is 2.25. The lowest BCUT2D eigenvalue weighted by atomic mass is 10.1. The van der Waals surface area contributed by atoms with E-state index in [0.29, 0.717) is 11.3 Å². The summed E-state index contributed by atoms with van der Waals surface area (Å²) in [5.74, 6) is -1.08. The number of carbonyl (C=O) groups excluding carboxylic acids is 1. The summed E-state index contributed by atoms with van der Waals surface area (Å²) in [6.45, 7) is 1.71. The Bertz CT molecular complexity index is 855. The van der Waals surface area contributed by atoms with Crippen LogP contribution in [0.1, 0.15) is 26.3 Å². The fourth-order valence-electron chi connectivity index (χ4n) is 2.48. The van der Waals surface area contributed by atoms with Crippen molar-refractivity contribution in [1.82, 2.24) is 0 Å². The number of fused-ring (bicyclic) bond motifs is 2. The molecule has 24 heavy (non-hydrogen) atoms. The smallest absolute Gasteiger partial charge is 0.347 e. The summed E-state index contributed by atoms with van der Waals surface area (Å²) >= 11 is 0. The second-order valence-corrected chi connectivity index (χ2v) is 5.12. The van der Waals surface area contributed by atoms with E-state index in [1.807, 2.05) is 0 Å². The normalized spacial score (nSPS) is 12.2. The molecule has 1 aliphatic rings. The first-order valence-electron chi connectivity index (χ1n) is 6.98. The van der Waals surface area contributed by atoms with Crippen molar-refractivity contribution in [2.75, 3.05) is 14.2 Å². The summed E-state index contributed by atoms with van der Waals surface area (Å²) in [7, 11) is 2.87. The lowest BCUT2D eigenvalue weighted by molar-refractivity contribution is 0.0685. The molecule has 0 radical (unpaired) electrons. The molecule has 1 heterocycles. The van der Waals surface area contributed by atoms with Crippen molar-refractivity contribution < 1.29 is 33.6 Å². The monoisotopic (exact) mass is 330 g/mol. The molecule has 0 aromatic heterocycles. The van der Waals surface area contributed by atoms with Gasteiger partial charge in [0.2, 0.25) is 0 Å². The van der Waals surface area contributed by atoms with E-state index in [2.05, 4.69) is 0 Å². The van der Waals surface area contributed by atoms with Crippen LogP contribution >= 0.6 is 0 Å². The Morgan fingerprint density at radius 3 is 2.25 bits per heavy atom. The molecule has 0 aliphatic carbocycles. The molecule has 2 aromatic rings. The Labute approximate surface area is 137 Å². The van der Waals surface area contributed by atoms with Crippen LogP contribution in [0.15, 0.2) is 24.3 Å². The fourth-order valence-corrected chi connectivity index (χ4v) is 2.48. The molecule has 0 saturated heterocycles. The summed E-state index contributed by atoms with van der Waals surface area (Å²) in [6, 6.07) is 5.87. The first-order chi connectivity index (χ1) is 11.4. The molecule has 1 aliphatic heterocycles. The van der Waals surface area contributed by atoms with Crippen molar-refractivity contribution in [2.45, 2.75) is 6.92 Å². The van der Waals surface area contributed by atoms with Crippen LogP contribution < -0.4 is 18.9 Å². The van der Waals surface area contributed by atoms with Crippen LogP contribution in [0.5, 0.6) is 28.7 Å². The summed E-state index contributed by atoms with van der Waals surface area (Å²) in [4.78, 5) is 24.0. The Morgan fingerprint density at radius 1 is 1.00 bits per heavy atom. The molecule has 3 rings (SSSR count). The van der Waals surface area contributed by atoms with Crippen LogP contribution in [0.4, 0.5) is 0 Å². The Morgan fingerprint density at radius 2 is 1.62 bits per heavy atom. The van der Waals surface area contributed by atoms with Gasteiger partial charge >= 0.3 is 11.9 Å². The van der Waals surface area contributed by atoms with Crippen molar-refractivity contribution >= 4 is 11.9 Å². The van der Waals surface area contributed by atoms with Gasteiger partial charge in [0.05, 0.1) is 14.2 Å². The van der Waals surface area contributed by atoms with Crippen molar-refractivity contribution in [3.8, 4) is 28.7 Å². The van der Waals surface area contributed by atoms with Gasteiger partial charge < -0.3 is 24.1 Å². The van der Waals surface area contributed by atoms with Crippen molar-refractivity contribution in [3.63, 3.8) is 0 Å². The highest BCUT2D eigenvalue weighted by Gasteiger charge is 2.30. The fraction of sp³-hybridized carbons (Fsp3) is 0.176. The van der Waals surface area contributed by atoms with E-state index in [1.165, 1.54) is 32.4 Å². The third-order valence-electron chi connectivity index (χ3n) is 3.62. The lowest BCUT2D eigenvalue weighted by Gasteiger charge is -2.12. The van der Waals surface area contributed by atoms with Crippen LogP contribution in [0.2, 0.25) is 0 Å². The number of esters is 1. The van der Waals surface area contributed by atoms with Gasteiger partial charge in [-0.15, -0.1) is 0 Å². The van der Waals surface area contributed by atoms with Gasteiger partial charge in [-0.25, -0.2) is 9.59 Å². The van der Waals surface area contributed by atoms with Crippen LogP contribution in [0.25, 0.3) is 0 Å². The molecular formula is C17H14O7. The van der Waals surface area contributed by atoms with E-state index in [9.17, 15) is 14.7 Å². The van der Waals surface area contributed by atoms with E-state index < -0.39 is 11.9 Å². The van der Waals surface area contributed by atoms with Crippen molar-refractivity contribution in [2.24, 2.45) is 0 Å². The van der Waals surface area contributed by atoms with Gasteiger partial charge in [0.25, 0.3) is 0 Å². The minimum Gasteiger partial charge on any atom is -0.497 e. The molecule has 1 N–H and O–H groups in total. The van der Waals surface area contributed by atoms with Crippen LogP contribution in [0, 0.1) is 6.92 Å². The summed E-state index contributed by atoms with van der Waals surface area (Å²) < 4.78 is 21.3. The first-order valence-corrected chi connectivity index (χ1v) is 6.98. The predicted octanol–water partition coefficient (Wildman–Crippen LogP) is 3.04. The number of hydrogen-bond donors (Lipinski definition) is 1. The van der Waals surface area contributed by atoms with E-state index in [0.717, 1.165) is 0 Å². The average molecular weight is 330 g/mol. The molecule has 0 atom stereocenters. The highest BCUT2D eigenvalue weighted by atomic mass is 16.6. The number of benzene rings is 2. The molecular weight excluding hydrogens is 316 g/mol. The van der Waals surface area contributed by atoms with E-state index in [1.54, 1.807) is 13.0 Å². The molecule has 7 heteroatoms. The molecule has 7 nitrogen and oxygen atoms in total. The van der Waals surface area contributed by atoms with E-state index in [4.69, 9.17) is 18.9 Å². The summed E-state index contributed by atoms with van der Waals surface area (Å²) in [5, 5.41) is 9.42. The third-order valence-corrected chi connectivity index (χ3v) is 3.62. The zero-order valence-corrected chi connectivity index (χ0v) is 13.2. The molecule has 2 aromatic carbocycles. The minimum absolute atomic E-state index is 0.0219. The number of aromatic carboxylic acids is 1. The van der Waals surface area contributed by atoms with Gasteiger partial charge in [-0.3, -0.25) is 0 Å². The quantitative estimate of drug-likeness (QED) is 0.683. The minimum atomic E-state index is -1.23. The first kappa shape index (κ1) is 15.7. The number of carboxylic acid groups (broad SMARTS) is 1. The lowest BCUT2D eigenvalue weighted by Crippen LogP contribution is -2.09.